The molecule has 0 spiro atoms. The molecule has 0 fully saturated rings. The van der Waals surface area contributed by atoms with Crippen LogP contribution >= 0.6 is 0 Å². The van der Waals surface area contributed by atoms with Crippen molar-refractivity contribution in [2.75, 3.05) is 0 Å². The van der Waals surface area contributed by atoms with E-state index in [-0.39, 0.29) is 0 Å². The molecule has 0 amide bonds. The molecular formula is C14H24. The van der Waals surface area contributed by atoms with Gasteiger partial charge in [0.25, 0.3) is 0 Å². The molecule has 0 bridgehead atoms. The first-order chi connectivity index (χ1) is 6.32. The minimum Gasteiger partial charge on any atom is -0.0998 e. The molecule has 0 aromatic heterocycles. The lowest BCUT2D eigenvalue weighted by Crippen LogP contribution is -2.29. The summed E-state index contributed by atoms with van der Waals surface area (Å²) in [6.07, 6.45) is 5.02. The lowest BCUT2D eigenvalue weighted by Gasteiger charge is -2.39. The van der Waals surface area contributed by atoms with E-state index in [0.717, 1.165) is 0 Å². The molecule has 0 heteroatoms. The Labute approximate surface area is 89.1 Å². The molecule has 0 saturated carbocycles. The van der Waals surface area contributed by atoms with Crippen molar-refractivity contribution in [3.63, 3.8) is 0 Å². The standard InChI is InChI=1S/C14H24/c1-10(2)12-8-7-11(3)9-13(12)14(4,5)6/h9,12-13H,1,7-8H2,2-6H3. The third kappa shape index (κ3) is 2.50. The molecule has 0 heterocycles. The summed E-state index contributed by atoms with van der Waals surface area (Å²) in [6, 6.07) is 0. The van der Waals surface area contributed by atoms with Crippen LogP contribution in [0.2, 0.25) is 0 Å². The number of hydrogen-bond donors (Lipinski definition) is 0. The van der Waals surface area contributed by atoms with Crippen LogP contribution in [0.4, 0.5) is 0 Å². The van der Waals surface area contributed by atoms with Crippen molar-refractivity contribution >= 4 is 0 Å². The van der Waals surface area contributed by atoms with Crippen molar-refractivity contribution < 1.29 is 0 Å². The maximum absolute atomic E-state index is 4.14. The summed E-state index contributed by atoms with van der Waals surface area (Å²) < 4.78 is 0. The molecule has 80 valence electrons. The van der Waals surface area contributed by atoms with Crippen LogP contribution in [-0.2, 0) is 0 Å². The minimum atomic E-state index is 0.366. The topological polar surface area (TPSA) is 0 Å². The van der Waals surface area contributed by atoms with Crippen LogP contribution in [0.3, 0.4) is 0 Å². The Morgan fingerprint density at radius 3 is 2.43 bits per heavy atom. The first-order valence-electron chi connectivity index (χ1n) is 5.65. The summed E-state index contributed by atoms with van der Waals surface area (Å²) in [7, 11) is 0. The van der Waals surface area contributed by atoms with Gasteiger partial charge >= 0.3 is 0 Å². The molecule has 2 unspecified atom stereocenters. The average Bonchev–Trinajstić information content (AvgIpc) is 2.01. The van der Waals surface area contributed by atoms with Crippen molar-refractivity contribution in [2.24, 2.45) is 17.3 Å². The van der Waals surface area contributed by atoms with Gasteiger partial charge < -0.3 is 0 Å². The zero-order valence-electron chi connectivity index (χ0n) is 10.4. The van der Waals surface area contributed by atoms with Crippen LogP contribution in [-0.4, -0.2) is 0 Å². The molecule has 0 aromatic carbocycles. The van der Waals surface area contributed by atoms with Gasteiger partial charge in [0.05, 0.1) is 0 Å². The molecule has 0 saturated heterocycles. The van der Waals surface area contributed by atoms with E-state index in [1.165, 1.54) is 18.4 Å². The second-order valence-electron chi connectivity index (χ2n) is 5.90. The predicted molar refractivity (Wildman–Crippen MR) is 64.2 cm³/mol. The van der Waals surface area contributed by atoms with E-state index in [2.05, 4.69) is 47.3 Å². The van der Waals surface area contributed by atoms with Crippen LogP contribution in [0.15, 0.2) is 23.8 Å². The molecule has 0 aliphatic heterocycles. The Morgan fingerprint density at radius 2 is 2.00 bits per heavy atom. The molecule has 2 atom stereocenters. The molecule has 1 rings (SSSR count). The summed E-state index contributed by atoms with van der Waals surface area (Å²) in [5.74, 6) is 1.37. The monoisotopic (exact) mass is 192 g/mol. The van der Waals surface area contributed by atoms with Gasteiger partial charge in [0.2, 0.25) is 0 Å². The van der Waals surface area contributed by atoms with Crippen molar-refractivity contribution in [3.05, 3.63) is 23.8 Å². The molecule has 0 N–H and O–H groups in total. The quantitative estimate of drug-likeness (QED) is 0.533. The van der Waals surface area contributed by atoms with Crippen molar-refractivity contribution in [2.45, 2.75) is 47.5 Å². The van der Waals surface area contributed by atoms with Gasteiger partial charge in [-0.25, -0.2) is 0 Å². The summed E-state index contributed by atoms with van der Waals surface area (Å²) in [6.45, 7) is 15.6. The van der Waals surface area contributed by atoms with E-state index in [1.54, 1.807) is 5.57 Å². The zero-order valence-corrected chi connectivity index (χ0v) is 10.4. The van der Waals surface area contributed by atoms with E-state index >= 15 is 0 Å². The molecule has 0 aromatic rings. The smallest absolute Gasteiger partial charge is 0.0117 e. The molecule has 1 aliphatic rings. The predicted octanol–water partition coefficient (Wildman–Crippen LogP) is 4.58. The van der Waals surface area contributed by atoms with E-state index in [0.29, 0.717) is 17.3 Å². The highest BCUT2D eigenvalue weighted by atomic mass is 14.4. The lowest BCUT2D eigenvalue weighted by molar-refractivity contribution is 0.210. The highest BCUT2D eigenvalue weighted by Crippen LogP contribution is 2.42. The minimum absolute atomic E-state index is 0.366. The number of allylic oxidation sites excluding steroid dienone is 3. The van der Waals surface area contributed by atoms with E-state index in [4.69, 9.17) is 0 Å². The van der Waals surface area contributed by atoms with Gasteiger partial charge in [0.15, 0.2) is 0 Å². The largest absolute Gasteiger partial charge is 0.0998 e. The van der Waals surface area contributed by atoms with Crippen molar-refractivity contribution in [1.29, 1.82) is 0 Å². The van der Waals surface area contributed by atoms with Crippen molar-refractivity contribution in [3.8, 4) is 0 Å². The van der Waals surface area contributed by atoms with Gasteiger partial charge in [0, 0.05) is 0 Å². The highest BCUT2D eigenvalue weighted by molar-refractivity contribution is 5.16. The Bertz CT molecular complexity index is 250. The van der Waals surface area contributed by atoms with Gasteiger partial charge in [0.1, 0.15) is 0 Å². The Balaban J connectivity index is 2.94. The Kier molecular flexibility index (Phi) is 3.24. The maximum atomic E-state index is 4.14. The summed E-state index contributed by atoms with van der Waals surface area (Å²) in [4.78, 5) is 0. The van der Waals surface area contributed by atoms with Gasteiger partial charge in [-0.15, -0.1) is 0 Å². The van der Waals surface area contributed by atoms with Crippen LogP contribution in [0, 0.1) is 17.3 Å². The molecule has 0 nitrogen and oxygen atoms in total. The zero-order chi connectivity index (χ0) is 10.9. The highest BCUT2D eigenvalue weighted by Gasteiger charge is 2.32. The second kappa shape index (κ2) is 3.92. The summed E-state index contributed by atoms with van der Waals surface area (Å²) in [5.41, 5.74) is 3.28. The molecule has 14 heavy (non-hydrogen) atoms. The fourth-order valence-corrected chi connectivity index (χ4v) is 2.48. The van der Waals surface area contributed by atoms with E-state index in [1.807, 2.05) is 0 Å². The van der Waals surface area contributed by atoms with Crippen molar-refractivity contribution in [1.82, 2.24) is 0 Å². The second-order valence-corrected chi connectivity index (χ2v) is 5.90. The maximum Gasteiger partial charge on any atom is -0.0117 e. The first-order valence-corrected chi connectivity index (χ1v) is 5.65. The van der Waals surface area contributed by atoms with Gasteiger partial charge in [-0.05, 0) is 43.9 Å². The third-order valence-electron chi connectivity index (χ3n) is 3.38. The first kappa shape index (κ1) is 11.6. The van der Waals surface area contributed by atoms with Crippen LogP contribution < -0.4 is 0 Å². The van der Waals surface area contributed by atoms with E-state index in [9.17, 15) is 0 Å². The van der Waals surface area contributed by atoms with E-state index < -0.39 is 0 Å². The number of rotatable bonds is 1. The van der Waals surface area contributed by atoms with Crippen LogP contribution in [0.25, 0.3) is 0 Å². The summed E-state index contributed by atoms with van der Waals surface area (Å²) >= 11 is 0. The molecular weight excluding hydrogens is 168 g/mol. The summed E-state index contributed by atoms with van der Waals surface area (Å²) in [5, 5.41) is 0. The lowest BCUT2D eigenvalue weighted by atomic mass is 9.66. The normalized spacial score (nSPS) is 28.5. The average molecular weight is 192 g/mol. The fourth-order valence-electron chi connectivity index (χ4n) is 2.48. The molecule has 0 radical (unpaired) electrons. The van der Waals surface area contributed by atoms with Gasteiger partial charge in [-0.1, -0.05) is 44.6 Å². The van der Waals surface area contributed by atoms with Gasteiger partial charge in [-0.3, -0.25) is 0 Å². The SMILES string of the molecule is C=C(C)C1CCC(C)=CC1C(C)(C)C. The Morgan fingerprint density at radius 1 is 1.43 bits per heavy atom. The molecule has 1 aliphatic carbocycles. The third-order valence-corrected chi connectivity index (χ3v) is 3.38. The number of hydrogen-bond acceptors (Lipinski definition) is 0. The Hall–Kier alpha value is -0.520. The van der Waals surface area contributed by atoms with Crippen LogP contribution in [0.5, 0.6) is 0 Å². The van der Waals surface area contributed by atoms with Gasteiger partial charge in [-0.2, -0.15) is 0 Å². The van der Waals surface area contributed by atoms with Crippen LogP contribution in [0.1, 0.15) is 47.5 Å². The fraction of sp³-hybridized carbons (Fsp3) is 0.714.